The topological polar surface area (TPSA) is 95.7 Å². The predicted molar refractivity (Wildman–Crippen MR) is 137 cm³/mol. The van der Waals surface area contributed by atoms with Crippen molar-refractivity contribution in [2.75, 3.05) is 52.9 Å². The number of anilines is 1. The third kappa shape index (κ3) is 5.07. The van der Waals surface area contributed by atoms with Crippen LogP contribution in [0.3, 0.4) is 0 Å². The molecule has 35 heavy (non-hydrogen) atoms. The standard InChI is InChI=1S/C25H30ClN6O3/c1-32-7-4-5-17(32)13-27-24-23-15(12-28-25(31-23)29-16-6-8-35-14-16)9-20(30-24)19-10-18(33-2)11-21(34-3)22(19)26/h9-12,16-17H,4-8,13-14H2,1-3H3,(H-,27,28,29,30,31)/q-1. The van der Waals surface area contributed by atoms with Gasteiger partial charge >= 0.3 is 0 Å². The summed E-state index contributed by atoms with van der Waals surface area (Å²) in [6.07, 6.45) is 5.02. The highest BCUT2D eigenvalue weighted by atomic mass is 35.5. The van der Waals surface area contributed by atoms with E-state index in [1.54, 1.807) is 26.5 Å². The first-order valence-corrected chi connectivity index (χ1v) is 12.3. The maximum atomic E-state index is 6.69. The molecule has 4 heterocycles. The molecule has 0 aliphatic carbocycles. The Morgan fingerprint density at radius 3 is 2.80 bits per heavy atom. The van der Waals surface area contributed by atoms with Gasteiger partial charge in [-0.25, -0.2) is 4.98 Å². The Morgan fingerprint density at radius 2 is 2.09 bits per heavy atom. The van der Waals surface area contributed by atoms with Crippen molar-refractivity contribution in [3.8, 4) is 22.8 Å². The molecule has 3 aromatic rings. The van der Waals surface area contributed by atoms with Crippen molar-refractivity contribution in [3.05, 3.63) is 34.7 Å². The fourth-order valence-electron chi connectivity index (χ4n) is 4.62. The Balaban J connectivity index is 1.56. The zero-order valence-electron chi connectivity index (χ0n) is 20.3. The van der Waals surface area contributed by atoms with Gasteiger partial charge < -0.3 is 39.7 Å². The molecule has 2 unspecified atom stereocenters. The minimum Gasteiger partial charge on any atom is -0.497 e. The number of fused-ring (bicyclic) bond motifs is 1. The SMILES string of the molecule is COc1cc(OC)c(Cl)c(-c2cc3cnc([N-]C4CCOC4)nc3c(NCC3CCCN3C)n2)c1. The fraction of sp³-hybridized carbons (Fsp3) is 0.480. The summed E-state index contributed by atoms with van der Waals surface area (Å²) in [4.78, 5) is 16.6. The summed E-state index contributed by atoms with van der Waals surface area (Å²) in [5.41, 5.74) is 2.12. The number of ether oxygens (including phenoxy) is 3. The second-order valence-corrected chi connectivity index (χ2v) is 9.34. The van der Waals surface area contributed by atoms with Crippen molar-refractivity contribution in [1.82, 2.24) is 19.9 Å². The van der Waals surface area contributed by atoms with Crippen LogP contribution >= 0.6 is 11.6 Å². The highest BCUT2D eigenvalue weighted by molar-refractivity contribution is 6.34. The molecule has 2 aliphatic rings. The van der Waals surface area contributed by atoms with Crippen LogP contribution < -0.4 is 14.8 Å². The van der Waals surface area contributed by atoms with Gasteiger partial charge in [-0.05, 0) is 56.6 Å². The van der Waals surface area contributed by atoms with Gasteiger partial charge in [-0.3, -0.25) is 0 Å². The third-order valence-corrected chi connectivity index (χ3v) is 7.07. The second kappa shape index (κ2) is 10.4. The lowest BCUT2D eigenvalue weighted by Crippen LogP contribution is -2.31. The number of rotatable bonds is 8. The number of nitrogens with zero attached hydrogens (tertiary/aromatic N) is 5. The molecule has 0 bridgehead atoms. The van der Waals surface area contributed by atoms with Crippen LogP contribution in [0.4, 0.5) is 11.8 Å². The summed E-state index contributed by atoms with van der Waals surface area (Å²) in [5.74, 6) is 2.28. The summed E-state index contributed by atoms with van der Waals surface area (Å²) in [5, 5.41) is 9.54. The summed E-state index contributed by atoms with van der Waals surface area (Å²) in [7, 11) is 5.35. The van der Waals surface area contributed by atoms with Crippen molar-refractivity contribution in [2.45, 2.75) is 31.3 Å². The maximum Gasteiger partial charge on any atom is 0.141 e. The van der Waals surface area contributed by atoms with E-state index in [9.17, 15) is 0 Å². The fourth-order valence-corrected chi connectivity index (χ4v) is 4.90. The second-order valence-electron chi connectivity index (χ2n) is 8.96. The monoisotopic (exact) mass is 497 g/mol. The molecule has 2 aromatic heterocycles. The minimum absolute atomic E-state index is 0.0892. The quantitative estimate of drug-likeness (QED) is 0.480. The number of nitrogens with one attached hydrogen (secondary N) is 1. The maximum absolute atomic E-state index is 6.69. The molecule has 2 aliphatic heterocycles. The Labute approximate surface area is 210 Å². The average Bonchev–Trinajstić information content (AvgIpc) is 3.54. The first-order valence-electron chi connectivity index (χ1n) is 11.9. The molecule has 0 amide bonds. The number of likely N-dealkylation sites (tertiary alicyclic amines) is 1. The molecule has 2 atom stereocenters. The Bertz CT molecular complexity index is 1200. The third-order valence-electron chi connectivity index (χ3n) is 6.68. The van der Waals surface area contributed by atoms with Crippen LogP contribution in [-0.2, 0) is 4.74 Å². The van der Waals surface area contributed by atoms with E-state index in [1.165, 1.54) is 6.42 Å². The lowest BCUT2D eigenvalue weighted by Gasteiger charge is -2.23. The number of aromatic nitrogens is 3. The summed E-state index contributed by atoms with van der Waals surface area (Å²) in [6.45, 7) is 3.20. The first kappa shape index (κ1) is 23.8. The van der Waals surface area contributed by atoms with Crippen LogP contribution in [0.2, 0.25) is 5.02 Å². The average molecular weight is 498 g/mol. The van der Waals surface area contributed by atoms with Crippen LogP contribution in [-0.4, -0.2) is 79.5 Å². The van der Waals surface area contributed by atoms with Gasteiger partial charge in [-0.1, -0.05) is 11.6 Å². The first-order chi connectivity index (χ1) is 17.1. The van der Waals surface area contributed by atoms with Crippen LogP contribution in [0.5, 0.6) is 11.5 Å². The van der Waals surface area contributed by atoms with Crippen molar-refractivity contribution < 1.29 is 14.2 Å². The Hall–Kier alpha value is -2.88. The van der Waals surface area contributed by atoms with Gasteiger partial charge in [0, 0.05) is 48.3 Å². The van der Waals surface area contributed by atoms with Gasteiger partial charge in [0.2, 0.25) is 0 Å². The zero-order valence-corrected chi connectivity index (χ0v) is 21.0. The molecule has 0 saturated carbocycles. The normalized spacial score (nSPS) is 20.3. The van der Waals surface area contributed by atoms with Crippen LogP contribution in [0.15, 0.2) is 24.4 Å². The number of benzene rings is 1. The predicted octanol–water partition coefficient (Wildman–Crippen LogP) is 4.66. The number of halogens is 1. The molecule has 186 valence electrons. The summed E-state index contributed by atoms with van der Waals surface area (Å²) < 4.78 is 16.4. The van der Waals surface area contributed by atoms with Gasteiger partial charge in [0.25, 0.3) is 0 Å². The van der Waals surface area contributed by atoms with E-state index < -0.39 is 0 Å². The van der Waals surface area contributed by atoms with Crippen molar-refractivity contribution in [3.63, 3.8) is 0 Å². The Kier molecular flexibility index (Phi) is 7.08. The lowest BCUT2D eigenvalue weighted by molar-refractivity contribution is 0.196. The van der Waals surface area contributed by atoms with E-state index in [0.29, 0.717) is 52.2 Å². The molecule has 1 aromatic carbocycles. The van der Waals surface area contributed by atoms with E-state index in [2.05, 4.69) is 27.6 Å². The number of hydrogen-bond donors (Lipinski definition) is 1. The molecule has 0 spiro atoms. The molecule has 9 nitrogen and oxygen atoms in total. The van der Waals surface area contributed by atoms with E-state index >= 15 is 0 Å². The number of likely N-dealkylation sites (N-methyl/N-ethyl adjacent to an activating group) is 1. The van der Waals surface area contributed by atoms with E-state index in [-0.39, 0.29) is 6.04 Å². The highest BCUT2D eigenvalue weighted by Crippen LogP contribution is 2.40. The van der Waals surface area contributed by atoms with Gasteiger partial charge in [0.05, 0.1) is 31.5 Å². The van der Waals surface area contributed by atoms with E-state index in [4.69, 9.17) is 35.8 Å². The van der Waals surface area contributed by atoms with E-state index in [0.717, 1.165) is 43.4 Å². The lowest BCUT2D eigenvalue weighted by atomic mass is 10.1. The van der Waals surface area contributed by atoms with Crippen molar-refractivity contribution in [2.24, 2.45) is 0 Å². The minimum atomic E-state index is 0.0892. The van der Waals surface area contributed by atoms with Crippen LogP contribution in [0.25, 0.3) is 27.5 Å². The molecule has 0 radical (unpaired) electrons. The van der Waals surface area contributed by atoms with Gasteiger partial charge in [-0.15, -0.1) is 0 Å². The molecule has 1 N–H and O–H groups in total. The van der Waals surface area contributed by atoms with Gasteiger partial charge in [-0.2, -0.15) is 0 Å². The largest absolute Gasteiger partial charge is 0.497 e. The molecular formula is C25H30ClN6O3-. The van der Waals surface area contributed by atoms with Crippen molar-refractivity contribution in [1.29, 1.82) is 0 Å². The number of pyridine rings is 1. The van der Waals surface area contributed by atoms with Crippen molar-refractivity contribution >= 4 is 34.3 Å². The summed E-state index contributed by atoms with van der Waals surface area (Å²) in [6, 6.07) is 6.08. The highest BCUT2D eigenvalue weighted by Gasteiger charge is 2.22. The van der Waals surface area contributed by atoms with E-state index in [1.807, 2.05) is 12.1 Å². The Morgan fingerprint density at radius 1 is 1.20 bits per heavy atom. The van der Waals surface area contributed by atoms with Crippen LogP contribution in [0, 0.1) is 0 Å². The molecule has 5 rings (SSSR count). The number of hydrogen-bond acceptors (Lipinski definition) is 8. The molecule has 2 fully saturated rings. The molecule has 2 saturated heterocycles. The smallest absolute Gasteiger partial charge is 0.141 e. The van der Waals surface area contributed by atoms with Gasteiger partial charge in [0.15, 0.2) is 0 Å². The molecular weight excluding hydrogens is 468 g/mol. The summed E-state index contributed by atoms with van der Waals surface area (Å²) >= 11 is 6.69. The van der Waals surface area contributed by atoms with Crippen LogP contribution in [0.1, 0.15) is 19.3 Å². The van der Waals surface area contributed by atoms with Gasteiger partial charge in [0.1, 0.15) is 17.3 Å². The molecule has 10 heteroatoms. The number of methoxy groups -OCH3 is 2. The zero-order chi connectivity index (χ0) is 24.4.